The molecule has 0 aromatic carbocycles. The first-order chi connectivity index (χ1) is 7.18. The van der Waals surface area contributed by atoms with E-state index in [4.69, 9.17) is 4.74 Å². The smallest absolute Gasteiger partial charge is 0.246 e. The summed E-state index contributed by atoms with van der Waals surface area (Å²) in [5, 5.41) is 3.70. The molecule has 0 saturated carbocycles. The fourth-order valence-corrected chi connectivity index (χ4v) is 2.43. The quantitative estimate of drug-likeness (QED) is 0.774. The Morgan fingerprint density at radius 3 is 2.56 bits per heavy atom. The summed E-state index contributed by atoms with van der Waals surface area (Å²) in [6, 6.07) is -0.430. The van der Waals surface area contributed by atoms with Crippen molar-refractivity contribution in [2.45, 2.75) is 32.4 Å². The Morgan fingerprint density at radius 1 is 1.50 bits per heavy atom. The van der Waals surface area contributed by atoms with Crippen molar-refractivity contribution in [3.8, 4) is 0 Å². The van der Waals surface area contributed by atoms with Crippen LogP contribution < -0.4 is 5.32 Å². The van der Waals surface area contributed by atoms with Crippen LogP contribution in [-0.4, -0.2) is 38.3 Å². The molecule has 1 N–H and O–H groups in total. The second-order valence-corrected chi connectivity index (χ2v) is 6.66. The van der Waals surface area contributed by atoms with E-state index >= 15 is 0 Å². The molecule has 0 fully saturated rings. The fourth-order valence-electron chi connectivity index (χ4n) is 1.20. The molecule has 0 aliphatic carbocycles. The summed E-state index contributed by atoms with van der Waals surface area (Å²) in [5.74, 6) is -0.365. The van der Waals surface area contributed by atoms with E-state index in [9.17, 15) is 13.2 Å². The minimum atomic E-state index is -3.12. The van der Waals surface area contributed by atoms with E-state index < -0.39 is 15.9 Å². The molecule has 16 heavy (non-hydrogen) atoms. The first kappa shape index (κ1) is 13.2. The summed E-state index contributed by atoms with van der Waals surface area (Å²) in [6.45, 7) is 5.48. The lowest BCUT2D eigenvalue weighted by atomic mass is 10.2. The number of carbonyl (C=O) groups is 1. The van der Waals surface area contributed by atoms with Crippen molar-refractivity contribution in [3.05, 3.63) is 11.5 Å². The van der Waals surface area contributed by atoms with Crippen molar-refractivity contribution in [1.29, 1.82) is 0 Å². The maximum absolute atomic E-state index is 11.4. The molecule has 1 aliphatic rings. The lowest BCUT2D eigenvalue weighted by molar-refractivity contribution is -0.130. The van der Waals surface area contributed by atoms with Crippen LogP contribution in [0.15, 0.2) is 11.5 Å². The lowest BCUT2D eigenvalue weighted by Gasteiger charge is -2.19. The number of amides is 1. The normalized spacial score (nSPS) is 23.3. The monoisotopic (exact) mass is 247 g/mol. The molecule has 0 aromatic heterocycles. The Kier molecular flexibility index (Phi) is 3.75. The first-order valence-electron chi connectivity index (χ1n) is 5.02. The van der Waals surface area contributed by atoms with Crippen LogP contribution in [0.2, 0.25) is 0 Å². The van der Waals surface area contributed by atoms with Gasteiger partial charge in [-0.1, -0.05) is 0 Å². The van der Waals surface area contributed by atoms with Crippen LogP contribution in [0.4, 0.5) is 0 Å². The summed E-state index contributed by atoms with van der Waals surface area (Å²) in [5.41, 5.74) is -0.380. The summed E-state index contributed by atoms with van der Waals surface area (Å²) in [7, 11) is -3.12. The van der Waals surface area contributed by atoms with Crippen LogP contribution in [-0.2, 0) is 19.4 Å². The summed E-state index contributed by atoms with van der Waals surface area (Å²) in [4.78, 5) is 11.4. The predicted molar refractivity (Wildman–Crippen MR) is 60.6 cm³/mol. The van der Waals surface area contributed by atoms with E-state index in [2.05, 4.69) is 5.32 Å². The van der Waals surface area contributed by atoms with Crippen LogP contribution >= 0.6 is 0 Å². The Hall–Kier alpha value is -0.880. The SMILES string of the molecule is CC(C)(C)OCC(=O)NC1C=CS(=O)(=O)C1. The second kappa shape index (κ2) is 4.55. The van der Waals surface area contributed by atoms with Gasteiger partial charge in [0.2, 0.25) is 5.91 Å². The highest BCUT2D eigenvalue weighted by Gasteiger charge is 2.23. The molecule has 1 aliphatic heterocycles. The van der Waals surface area contributed by atoms with Crippen molar-refractivity contribution >= 4 is 15.7 Å². The van der Waals surface area contributed by atoms with Gasteiger partial charge >= 0.3 is 0 Å². The average Bonchev–Trinajstić information content (AvgIpc) is 2.41. The number of hydrogen-bond donors (Lipinski definition) is 1. The molecule has 1 unspecified atom stereocenters. The largest absolute Gasteiger partial charge is 0.366 e. The fraction of sp³-hybridized carbons (Fsp3) is 0.700. The van der Waals surface area contributed by atoms with E-state index in [1.165, 1.54) is 6.08 Å². The van der Waals surface area contributed by atoms with Gasteiger partial charge in [0.05, 0.1) is 17.4 Å². The van der Waals surface area contributed by atoms with Crippen molar-refractivity contribution in [3.63, 3.8) is 0 Å². The summed E-state index contributed by atoms with van der Waals surface area (Å²) >= 11 is 0. The summed E-state index contributed by atoms with van der Waals surface area (Å²) in [6.07, 6.45) is 1.48. The highest BCUT2D eigenvalue weighted by atomic mass is 32.2. The van der Waals surface area contributed by atoms with E-state index in [1.54, 1.807) is 0 Å². The summed E-state index contributed by atoms with van der Waals surface area (Å²) < 4.78 is 27.4. The zero-order valence-corrected chi connectivity index (χ0v) is 10.5. The predicted octanol–water partition coefficient (Wildman–Crippen LogP) is 0.228. The molecule has 1 rings (SSSR count). The van der Waals surface area contributed by atoms with E-state index in [-0.39, 0.29) is 23.9 Å². The number of ether oxygens (including phenoxy) is 1. The van der Waals surface area contributed by atoms with Gasteiger partial charge in [0, 0.05) is 5.41 Å². The van der Waals surface area contributed by atoms with Gasteiger partial charge in [0.25, 0.3) is 0 Å². The Balaban J connectivity index is 2.35. The zero-order chi connectivity index (χ0) is 12.4. The van der Waals surface area contributed by atoms with Crippen molar-refractivity contribution < 1.29 is 17.9 Å². The number of carbonyl (C=O) groups excluding carboxylic acids is 1. The maximum Gasteiger partial charge on any atom is 0.246 e. The van der Waals surface area contributed by atoms with Crippen LogP contribution in [0.3, 0.4) is 0 Å². The average molecular weight is 247 g/mol. The number of sulfone groups is 1. The Bertz CT molecular complexity index is 392. The number of rotatable bonds is 3. The lowest BCUT2D eigenvalue weighted by Crippen LogP contribution is -2.39. The molecule has 1 heterocycles. The highest BCUT2D eigenvalue weighted by Crippen LogP contribution is 2.08. The van der Waals surface area contributed by atoms with E-state index in [0.717, 1.165) is 5.41 Å². The standard InChI is InChI=1S/C10H17NO4S/c1-10(2,3)15-6-9(12)11-8-4-5-16(13,14)7-8/h4-5,8H,6-7H2,1-3H3,(H,11,12). The van der Waals surface area contributed by atoms with E-state index in [1.807, 2.05) is 20.8 Å². The number of hydrogen-bond acceptors (Lipinski definition) is 4. The van der Waals surface area contributed by atoms with Crippen molar-refractivity contribution in [1.82, 2.24) is 5.32 Å². The minimum Gasteiger partial charge on any atom is -0.366 e. The molecule has 1 amide bonds. The van der Waals surface area contributed by atoms with Gasteiger partial charge in [-0.2, -0.15) is 0 Å². The molecule has 5 nitrogen and oxygen atoms in total. The molecule has 1 atom stereocenters. The number of nitrogens with one attached hydrogen (secondary N) is 1. The minimum absolute atomic E-state index is 0.0613. The van der Waals surface area contributed by atoms with Crippen LogP contribution in [0, 0.1) is 0 Å². The molecule has 0 spiro atoms. The highest BCUT2D eigenvalue weighted by molar-refractivity contribution is 7.94. The van der Waals surface area contributed by atoms with Crippen LogP contribution in [0.25, 0.3) is 0 Å². The third-order valence-corrected chi connectivity index (χ3v) is 3.31. The molecular weight excluding hydrogens is 230 g/mol. The molecule has 0 radical (unpaired) electrons. The Labute approximate surface area is 95.8 Å². The van der Waals surface area contributed by atoms with Gasteiger partial charge < -0.3 is 10.1 Å². The zero-order valence-electron chi connectivity index (χ0n) is 9.69. The van der Waals surface area contributed by atoms with E-state index in [0.29, 0.717) is 0 Å². The topological polar surface area (TPSA) is 72.5 Å². The van der Waals surface area contributed by atoms with Gasteiger partial charge in [0.1, 0.15) is 6.61 Å². The molecule has 6 heteroatoms. The molecule has 0 saturated heterocycles. The third kappa shape index (κ3) is 4.76. The second-order valence-electron chi connectivity index (χ2n) is 4.73. The van der Waals surface area contributed by atoms with Gasteiger partial charge in [0.15, 0.2) is 9.84 Å². The van der Waals surface area contributed by atoms with Crippen LogP contribution in [0.1, 0.15) is 20.8 Å². The van der Waals surface area contributed by atoms with Gasteiger partial charge in [-0.15, -0.1) is 0 Å². The maximum atomic E-state index is 11.4. The van der Waals surface area contributed by atoms with Crippen molar-refractivity contribution in [2.75, 3.05) is 12.4 Å². The molecule has 92 valence electrons. The van der Waals surface area contributed by atoms with Gasteiger partial charge in [-0.3, -0.25) is 4.79 Å². The molecule has 0 bridgehead atoms. The third-order valence-electron chi connectivity index (χ3n) is 1.91. The van der Waals surface area contributed by atoms with Crippen LogP contribution in [0.5, 0.6) is 0 Å². The Morgan fingerprint density at radius 2 is 2.12 bits per heavy atom. The molecular formula is C10H17NO4S. The first-order valence-corrected chi connectivity index (χ1v) is 6.74. The van der Waals surface area contributed by atoms with Gasteiger partial charge in [-0.05, 0) is 26.8 Å². The molecule has 0 aromatic rings. The van der Waals surface area contributed by atoms with Crippen molar-refractivity contribution in [2.24, 2.45) is 0 Å². The van der Waals surface area contributed by atoms with Gasteiger partial charge in [-0.25, -0.2) is 8.42 Å².